The van der Waals surface area contributed by atoms with Gasteiger partial charge in [0.2, 0.25) is 0 Å². The lowest BCUT2D eigenvalue weighted by atomic mass is 9.95. The lowest BCUT2D eigenvalue weighted by molar-refractivity contribution is 0.415. The van der Waals surface area contributed by atoms with E-state index in [0.717, 1.165) is 27.0 Å². The summed E-state index contributed by atoms with van der Waals surface area (Å²) in [5, 5.41) is 4.85. The fraction of sp³-hybridized carbons (Fsp3) is 0.292. The summed E-state index contributed by atoms with van der Waals surface area (Å²) in [6.45, 7) is 2.64. The highest BCUT2D eigenvalue weighted by Gasteiger charge is 2.30. The molecule has 3 nitrogen and oxygen atoms in total. The number of aryl methyl sites for hydroxylation is 1. The Morgan fingerprint density at radius 3 is 2.72 bits per heavy atom. The third kappa shape index (κ3) is 4.75. The largest absolute Gasteiger partial charge is 0.497 e. The minimum absolute atomic E-state index is 0.338. The molecule has 1 N–H and O–H groups in total. The number of aromatic nitrogens is 1. The number of hydrogen-bond donors (Lipinski definition) is 1. The first kappa shape index (κ1) is 19.8. The summed E-state index contributed by atoms with van der Waals surface area (Å²) >= 11 is 8.04. The first-order valence-electron chi connectivity index (χ1n) is 9.74. The second-order valence-electron chi connectivity index (χ2n) is 7.17. The highest BCUT2D eigenvalue weighted by Crippen LogP contribution is 2.42. The van der Waals surface area contributed by atoms with Crippen molar-refractivity contribution in [1.29, 1.82) is 0 Å². The minimum Gasteiger partial charge on any atom is -0.497 e. The van der Waals surface area contributed by atoms with E-state index in [4.69, 9.17) is 21.3 Å². The van der Waals surface area contributed by atoms with E-state index in [1.807, 2.05) is 18.2 Å². The van der Waals surface area contributed by atoms with Gasteiger partial charge in [0, 0.05) is 16.4 Å². The molecular weight excluding hydrogens is 400 g/mol. The monoisotopic (exact) mass is 422 g/mol. The van der Waals surface area contributed by atoms with E-state index < -0.39 is 0 Å². The molecule has 1 aromatic heterocycles. The van der Waals surface area contributed by atoms with Crippen molar-refractivity contribution in [3.63, 3.8) is 0 Å². The van der Waals surface area contributed by atoms with Gasteiger partial charge in [0.25, 0.3) is 0 Å². The highest BCUT2D eigenvalue weighted by molar-refractivity contribution is 7.16. The summed E-state index contributed by atoms with van der Waals surface area (Å²) in [7, 11) is 1.63. The molecule has 29 heavy (non-hydrogen) atoms. The molecule has 5 heteroatoms. The molecule has 2 aromatic carbocycles. The molecule has 1 aliphatic carbocycles. The van der Waals surface area contributed by atoms with Crippen LogP contribution in [-0.2, 0) is 0 Å². The van der Waals surface area contributed by atoms with Gasteiger partial charge in [-0.3, -0.25) is 0 Å². The highest BCUT2D eigenvalue weighted by atomic mass is 35.5. The number of methoxy groups -OCH3 is 1. The smallest absolute Gasteiger partial charge is 0.184 e. The van der Waals surface area contributed by atoms with Crippen LogP contribution < -0.4 is 10.1 Å². The summed E-state index contributed by atoms with van der Waals surface area (Å²) in [4.78, 5) is 5.85. The number of anilines is 1. The molecule has 1 saturated carbocycles. The second-order valence-corrected chi connectivity index (χ2v) is 8.78. The quantitative estimate of drug-likeness (QED) is 0.467. The number of nitrogens with zero attached hydrogens (tertiary/aromatic N) is 1. The number of benzene rings is 2. The average molecular weight is 423 g/mol. The molecule has 1 aliphatic rings. The van der Waals surface area contributed by atoms with Crippen LogP contribution in [0.4, 0.5) is 5.13 Å². The van der Waals surface area contributed by atoms with Crippen molar-refractivity contribution in [2.75, 3.05) is 19.0 Å². The molecule has 1 unspecified atom stereocenters. The van der Waals surface area contributed by atoms with Crippen LogP contribution >= 0.6 is 22.9 Å². The van der Waals surface area contributed by atoms with Crippen molar-refractivity contribution in [2.24, 2.45) is 5.92 Å². The van der Waals surface area contributed by atoms with Crippen molar-refractivity contribution < 1.29 is 4.74 Å². The Labute approximate surface area is 181 Å². The van der Waals surface area contributed by atoms with E-state index in [0.29, 0.717) is 23.4 Å². The summed E-state index contributed by atoms with van der Waals surface area (Å²) in [5.74, 6) is 8.57. The molecule has 3 aromatic rings. The fourth-order valence-corrected chi connectivity index (χ4v) is 4.46. The van der Waals surface area contributed by atoms with Gasteiger partial charge < -0.3 is 10.1 Å². The Hall–Kier alpha value is -2.48. The van der Waals surface area contributed by atoms with E-state index in [-0.39, 0.29) is 0 Å². The van der Waals surface area contributed by atoms with Crippen LogP contribution in [-0.4, -0.2) is 18.6 Å². The van der Waals surface area contributed by atoms with Crippen LogP contribution in [0.1, 0.15) is 29.2 Å². The maximum absolute atomic E-state index is 6.42. The molecule has 1 atom stereocenters. The van der Waals surface area contributed by atoms with Crippen LogP contribution in [0.25, 0.3) is 11.3 Å². The van der Waals surface area contributed by atoms with E-state index in [1.165, 1.54) is 18.4 Å². The molecule has 148 valence electrons. The molecule has 4 rings (SSSR count). The number of hydrogen-bond acceptors (Lipinski definition) is 4. The molecule has 0 aliphatic heterocycles. The maximum Gasteiger partial charge on any atom is 0.184 e. The SMILES string of the molecule is COc1ccc(-c2nc(NCC#CC(c3ccccc3)C3CC3)sc2C)c(Cl)c1. The van der Waals surface area contributed by atoms with Gasteiger partial charge in [-0.25, -0.2) is 4.98 Å². The molecule has 1 heterocycles. The van der Waals surface area contributed by atoms with E-state index in [9.17, 15) is 0 Å². The molecule has 0 bridgehead atoms. The molecule has 0 amide bonds. The van der Waals surface area contributed by atoms with Gasteiger partial charge in [0.05, 0.1) is 24.4 Å². The average Bonchev–Trinajstić information content (AvgIpc) is 3.51. The Kier molecular flexibility index (Phi) is 6.08. The molecule has 0 radical (unpaired) electrons. The van der Waals surface area contributed by atoms with Crippen molar-refractivity contribution >= 4 is 28.1 Å². The van der Waals surface area contributed by atoms with Gasteiger partial charge >= 0.3 is 0 Å². The lowest BCUT2D eigenvalue weighted by Crippen LogP contribution is -2.01. The topological polar surface area (TPSA) is 34.1 Å². The predicted octanol–water partition coefficient (Wildman–Crippen LogP) is 6.39. The molecule has 0 saturated heterocycles. The Bertz CT molecular complexity index is 1050. The number of ether oxygens (including phenoxy) is 1. The van der Waals surface area contributed by atoms with Crippen LogP contribution in [0.3, 0.4) is 0 Å². The zero-order valence-electron chi connectivity index (χ0n) is 16.5. The third-order valence-corrected chi connectivity index (χ3v) is 6.31. The number of thiazole rings is 1. The van der Waals surface area contributed by atoms with E-state index >= 15 is 0 Å². The second kappa shape index (κ2) is 8.90. The van der Waals surface area contributed by atoms with E-state index in [2.05, 4.69) is 54.4 Å². The minimum atomic E-state index is 0.338. The van der Waals surface area contributed by atoms with Crippen LogP contribution in [0, 0.1) is 24.7 Å². The third-order valence-electron chi connectivity index (χ3n) is 5.07. The fourth-order valence-electron chi connectivity index (χ4n) is 3.38. The van der Waals surface area contributed by atoms with Crippen LogP contribution in [0.15, 0.2) is 48.5 Å². The van der Waals surface area contributed by atoms with Crippen LogP contribution in [0.2, 0.25) is 5.02 Å². The first-order chi connectivity index (χ1) is 14.2. The van der Waals surface area contributed by atoms with Crippen molar-refractivity contribution in [1.82, 2.24) is 4.98 Å². The first-order valence-corrected chi connectivity index (χ1v) is 10.9. The summed E-state index contributed by atoms with van der Waals surface area (Å²) in [6, 6.07) is 16.3. The lowest BCUT2D eigenvalue weighted by Gasteiger charge is -2.09. The van der Waals surface area contributed by atoms with Gasteiger partial charge in [0.1, 0.15) is 5.75 Å². The zero-order valence-corrected chi connectivity index (χ0v) is 18.1. The Balaban J connectivity index is 1.44. The standard InChI is InChI=1S/C24H23ClN2OS/c1-16-23(21-13-12-19(28-2)15-22(21)25)27-24(29-16)26-14-6-9-20(18-10-11-18)17-7-4-3-5-8-17/h3-5,7-8,12-13,15,18,20H,10-11,14H2,1-2H3,(H,26,27). The van der Waals surface area contributed by atoms with Crippen molar-refractivity contribution in [2.45, 2.75) is 25.7 Å². The summed E-state index contributed by atoms with van der Waals surface area (Å²) in [5.41, 5.74) is 3.14. The molecule has 1 fully saturated rings. The number of rotatable bonds is 6. The summed E-state index contributed by atoms with van der Waals surface area (Å²) < 4.78 is 5.23. The Morgan fingerprint density at radius 2 is 2.03 bits per heavy atom. The van der Waals surface area contributed by atoms with Crippen molar-refractivity contribution in [3.8, 4) is 28.8 Å². The molecule has 0 spiro atoms. The van der Waals surface area contributed by atoms with Gasteiger partial charge in [-0.2, -0.15) is 0 Å². The van der Waals surface area contributed by atoms with Gasteiger partial charge in [-0.05, 0) is 49.4 Å². The normalized spacial score (nSPS) is 14.0. The zero-order chi connectivity index (χ0) is 20.2. The Morgan fingerprint density at radius 1 is 1.24 bits per heavy atom. The van der Waals surface area contributed by atoms with Crippen LogP contribution in [0.5, 0.6) is 5.75 Å². The number of nitrogens with one attached hydrogen (secondary N) is 1. The molecular formula is C24H23ClN2OS. The van der Waals surface area contributed by atoms with Crippen molar-refractivity contribution in [3.05, 3.63) is 64.0 Å². The number of halogens is 1. The van der Waals surface area contributed by atoms with E-state index in [1.54, 1.807) is 18.4 Å². The predicted molar refractivity (Wildman–Crippen MR) is 122 cm³/mol. The maximum atomic E-state index is 6.42. The van der Waals surface area contributed by atoms with Gasteiger partial charge in [-0.1, -0.05) is 53.8 Å². The van der Waals surface area contributed by atoms with Gasteiger partial charge in [-0.15, -0.1) is 11.3 Å². The summed E-state index contributed by atoms with van der Waals surface area (Å²) in [6.07, 6.45) is 2.55. The van der Waals surface area contributed by atoms with Gasteiger partial charge in [0.15, 0.2) is 5.13 Å².